The third-order valence-corrected chi connectivity index (χ3v) is 3.90. The number of thioether (sulfide) groups is 1. The average molecular weight is 331 g/mol. The van der Waals surface area contributed by atoms with Gasteiger partial charge in [0, 0.05) is 10.6 Å². The molecule has 0 aliphatic heterocycles. The summed E-state index contributed by atoms with van der Waals surface area (Å²) in [5.74, 6) is -0.370. The predicted octanol–water partition coefficient (Wildman–Crippen LogP) is 3.19. The molecule has 0 bridgehead atoms. The molecule has 2 aromatic rings. The summed E-state index contributed by atoms with van der Waals surface area (Å²) in [5.41, 5.74) is 1.83. The van der Waals surface area contributed by atoms with Crippen molar-refractivity contribution >= 4 is 29.3 Å². The van der Waals surface area contributed by atoms with Crippen LogP contribution in [-0.4, -0.2) is 29.3 Å². The second-order valence-corrected chi connectivity index (χ2v) is 5.91. The Morgan fingerprint density at radius 2 is 1.74 bits per heavy atom. The van der Waals surface area contributed by atoms with Crippen LogP contribution in [0.15, 0.2) is 53.4 Å². The van der Waals surface area contributed by atoms with E-state index < -0.39 is 5.97 Å². The Kier molecular flexibility index (Phi) is 6.05. The minimum atomic E-state index is -1.03. The van der Waals surface area contributed by atoms with Gasteiger partial charge >= 0.3 is 5.97 Å². The van der Waals surface area contributed by atoms with Crippen LogP contribution in [0, 0.1) is 6.92 Å². The molecule has 0 aromatic heterocycles. The summed E-state index contributed by atoms with van der Waals surface area (Å²) in [5, 5.41) is 11.3. The number of anilines is 1. The van der Waals surface area contributed by atoms with Gasteiger partial charge in [-0.2, -0.15) is 0 Å². The molecule has 0 aliphatic rings. The van der Waals surface area contributed by atoms with Gasteiger partial charge in [0.15, 0.2) is 6.61 Å². The number of hydrogen-bond donors (Lipinski definition) is 2. The highest BCUT2D eigenvalue weighted by Gasteiger charge is 2.05. The van der Waals surface area contributed by atoms with Crippen molar-refractivity contribution in [1.82, 2.24) is 0 Å². The van der Waals surface area contributed by atoms with Gasteiger partial charge in [-0.05, 0) is 43.3 Å². The molecule has 0 radical (unpaired) electrons. The molecule has 5 nitrogen and oxygen atoms in total. The maximum atomic E-state index is 11.9. The molecule has 0 saturated carbocycles. The Morgan fingerprint density at radius 1 is 1.09 bits per heavy atom. The molecule has 0 heterocycles. The summed E-state index contributed by atoms with van der Waals surface area (Å²) < 4.78 is 5.03. The molecule has 23 heavy (non-hydrogen) atoms. The molecule has 2 rings (SSSR count). The van der Waals surface area contributed by atoms with Crippen LogP contribution < -0.4 is 10.1 Å². The van der Waals surface area contributed by atoms with E-state index >= 15 is 0 Å². The van der Waals surface area contributed by atoms with Crippen molar-refractivity contribution in [2.45, 2.75) is 11.8 Å². The fraction of sp³-hybridized carbons (Fsp3) is 0.176. The lowest BCUT2D eigenvalue weighted by atomic mass is 10.2. The molecule has 6 heteroatoms. The number of benzene rings is 2. The number of aryl methyl sites for hydroxylation is 1. The summed E-state index contributed by atoms with van der Waals surface area (Å²) >= 11 is 1.47. The summed E-state index contributed by atoms with van der Waals surface area (Å²) in [7, 11) is 0. The van der Waals surface area contributed by atoms with Crippen LogP contribution in [0.1, 0.15) is 5.56 Å². The SMILES string of the molecule is Cc1ccc(SCC(=O)Nc2ccc(OCC(=O)O)cc2)cc1. The third kappa shape index (κ3) is 6.04. The van der Waals surface area contributed by atoms with Crippen molar-refractivity contribution in [3.63, 3.8) is 0 Å². The Hall–Kier alpha value is -2.47. The second-order valence-electron chi connectivity index (χ2n) is 4.86. The van der Waals surface area contributed by atoms with E-state index in [9.17, 15) is 9.59 Å². The number of rotatable bonds is 7. The van der Waals surface area contributed by atoms with Crippen LogP contribution in [0.2, 0.25) is 0 Å². The minimum Gasteiger partial charge on any atom is -0.482 e. The Morgan fingerprint density at radius 3 is 2.35 bits per heavy atom. The lowest BCUT2D eigenvalue weighted by Crippen LogP contribution is -2.14. The molecule has 0 aliphatic carbocycles. The number of aliphatic carboxylic acids is 1. The number of carbonyl (C=O) groups is 2. The first-order valence-corrected chi connectivity index (χ1v) is 7.95. The molecule has 2 N–H and O–H groups in total. The van der Waals surface area contributed by atoms with E-state index in [2.05, 4.69) is 5.32 Å². The molecule has 120 valence electrons. The summed E-state index contributed by atoms with van der Waals surface area (Å²) in [6.45, 7) is 1.63. The van der Waals surface area contributed by atoms with Crippen LogP contribution >= 0.6 is 11.8 Å². The first-order valence-electron chi connectivity index (χ1n) is 6.97. The number of carboxylic acids is 1. The van der Waals surface area contributed by atoms with Gasteiger partial charge in [-0.1, -0.05) is 17.7 Å². The molecule has 0 unspecified atom stereocenters. The number of ether oxygens (including phenoxy) is 1. The van der Waals surface area contributed by atoms with Crippen molar-refractivity contribution < 1.29 is 19.4 Å². The highest BCUT2D eigenvalue weighted by molar-refractivity contribution is 8.00. The lowest BCUT2D eigenvalue weighted by molar-refractivity contribution is -0.139. The van der Waals surface area contributed by atoms with E-state index in [0.717, 1.165) is 4.90 Å². The summed E-state index contributed by atoms with van der Waals surface area (Å²) in [6, 6.07) is 14.6. The Labute approximate surface area is 138 Å². The van der Waals surface area contributed by atoms with E-state index in [4.69, 9.17) is 9.84 Å². The van der Waals surface area contributed by atoms with Gasteiger partial charge < -0.3 is 15.2 Å². The van der Waals surface area contributed by atoms with Gasteiger partial charge in [0.05, 0.1) is 5.75 Å². The molecule has 0 spiro atoms. The molecular weight excluding hydrogens is 314 g/mol. The Bertz CT molecular complexity index is 668. The number of carboxylic acid groups (broad SMARTS) is 1. The van der Waals surface area contributed by atoms with Gasteiger partial charge in [-0.15, -0.1) is 11.8 Å². The smallest absolute Gasteiger partial charge is 0.341 e. The van der Waals surface area contributed by atoms with Crippen LogP contribution in [0.25, 0.3) is 0 Å². The highest BCUT2D eigenvalue weighted by Crippen LogP contribution is 2.19. The van der Waals surface area contributed by atoms with Crippen molar-refractivity contribution in [3.05, 3.63) is 54.1 Å². The molecule has 2 aromatic carbocycles. The van der Waals surface area contributed by atoms with Crippen LogP contribution in [0.3, 0.4) is 0 Å². The standard InChI is InChI=1S/C17H17NO4S/c1-12-2-8-15(9-3-12)23-11-16(19)18-13-4-6-14(7-5-13)22-10-17(20)21/h2-9H,10-11H2,1H3,(H,18,19)(H,20,21). The monoisotopic (exact) mass is 331 g/mol. The van der Waals surface area contributed by atoms with Gasteiger partial charge in [0.1, 0.15) is 5.75 Å². The summed E-state index contributed by atoms with van der Waals surface area (Å²) in [6.07, 6.45) is 0. The highest BCUT2D eigenvalue weighted by atomic mass is 32.2. The number of carbonyl (C=O) groups excluding carboxylic acids is 1. The van der Waals surface area contributed by atoms with Crippen molar-refractivity contribution in [3.8, 4) is 5.75 Å². The van der Waals surface area contributed by atoms with Gasteiger partial charge in [0.2, 0.25) is 5.91 Å². The van der Waals surface area contributed by atoms with Gasteiger partial charge in [-0.3, -0.25) is 4.79 Å². The van der Waals surface area contributed by atoms with Gasteiger partial charge in [-0.25, -0.2) is 4.79 Å². The van der Waals surface area contributed by atoms with E-state index in [1.807, 2.05) is 31.2 Å². The molecule has 0 fully saturated rings. The molecule has 1 amide bonds. The lowest BCUT2D eigenvalue weighted by Gasteiger charge is -2.07. The van der Waals surface area contributed by atoms with E-state index in [-0.39, 0.29) is 12.5 Å². The average Bonchev–Trinajstić information content (AvgIpc) is 2.53. The number of nitrogens with one attached hydrogen (secondary N) is 1. The Balaban J connectivity index is 1.80. The number of hydrogen-bond acceptors (Lipinski definition) is 4. The van der Waals surface area contributed by atoms with Gasteiger partial charge in [0.25, 0.3) is 0 Å². The molecular formula is C17H17NO4S. The zero-order valence-corrected chi connectivity index (χ0v) is 13.4. The molecule has 0 saturated heterocycles. The second kappa shape index (κ2) is 8.24. The maximum Gasteiger partial charge on any atom is 0.341 e. The zero-order valence-electron chi connectivity index (χ0n) is 12.6. The fourth-order valence-corrected chi connectivity index (χ4v) is 2.46. The number of amides is 1. The predicted molar refractivity (Wildman–Crippen MR) is 90.1 cm³/mol. The topological polar surface area (TPSA) is 75.6 Å². The van der Waals surface area contributed by atoms with E-state index in [1.54, 1.807) is 24.3 Å². The fourth-order valence-electron chi connectivity index (χ4n) is 1.76. The van der Waals surface area contributed by atoms with Crippen molar-refractivity contribution in [2.75, 3.05) is 17.7 Å². The first-order chi connectivity index (χ1) is 11.0. The normalized spacial score (nSPS) is 10.1. The molecule has 0 atom stereocenters. The quantitative estimate of drug-likeness (QED) is 0.762. The summed E-state index contributed by atoms with van der Waals surface area (Å²) in [4.78, 5) is 23.4. The van der Waals surface area contributed by atoms with Crippen molar-refractivity contribution in [2.24, 2.45) is 0 Å². The van der Waals surface area contributed by atoms with Crippen LogP contribution in [0.4, 0.5) is 5.69 Å². The first kappa shape index (κ1) is 16.9. The van der Waals surface area contributed by atoms with Crippen molar-refractivity contribution in [1.29, 1.82) is 0 Å². The third-order valence-electron chi connectivity index (χ3n) is 2.89. The van der Waals surface area contributed by atoms with E-state index in [1.165, 1.54) is 17.3 Å². The van der Waals surface area contributed by atoms with Crippen LogP contribution in [-0.2, 0) is 9.59 Å². The zero-order chi connectivity index (χ0) is 16.7. The maximum absolute atomic E-state index is 11.9. The largest absolute Gasteiger partial charge is 0.482 e. The van der Waals surface area contributed by atoms with Crippen LogP contribution in [0.5, 0.6) is 5.75 Å². The minimum absolute atomic E-state index is 0.102. The van der Waals surface area contributed by atoms with E-state index in [0.29, 0.717) is 17.2 Å².